The molecule has 0 bridgehead atoms. The fourth-order valence-corrected chi connectivity index (χ4v) is 4.52. The first-order valence-corrected chi connectivity index (χ1v) is 16.3. The molecule has 0 fully saturated rings. The van der Waals surface area contributed by atoms with Gasteiger partial charge in [-0.25, -0.2) is 9.97 Å². The van der Waals surface area contributed by atoms with Gasteiger partial charge in [0.1, 0.15) is 0 Å². The van der Waals surface area contributed by atoms with Crippen molar-refractivity contribution in [3.63, 3.8) is 0 Å². The standard InChI is InChI=1S/C33H50N10O6/c1-21(6-11-25(44)37-16-17-48-33(4,5)20-49-32(2,3)13-12-26(45)36-15-14-34)40-29(46)22-7-9-23(10-8-22)38-18-24-19-39-28-27(41-24)30(47)43-31(35)42-28/h7-10,19,21,38H,6,11-18,20,34H2,1-5H3,(H,36,45)(H,37,44)(H,40,46)(H3,35,39,42,43,47). The van der Waals surface area contributed by atoms with Gasteiger partial charge in [0.2, 0.25) is 17.8 Å². The number of benzene rings is 1. The maximum Gasteiger partial charge on any atom is 0.280 e. The molecule has 3 aromatic rings. The Labute approximate surface area is 285 Å². The summed E-state index contributed by atoms with van der Waals surface area (Å²) < 4.78 is 12.0. The lowest BCUT2D eigenvalue weighted by molar-refractivity contribution is -0.131. The van der Waals surface area contributed by atoms with Crippen molar-refractivity contribution in [2.45, 2.75) is 84.1 Å². The number of nitrogen functional groups attached to an aromatic ring is 1. The number of nitrogens with one attached hydrogen (secondary N) is 5. The van der Waals surface area contributed by atoms with Gasteiger partial charge in [-0.05, 0) is 71.7 Å². The Kier molecular flexibility index (Phi) is 14.4. The molecule has 1 atom stereocenters. The molecule has 16 heteroatoms. The van der Waals surface area contributed by atoms with Crippen LogP contribution in [-0.4, -0.2) is 87.7 Å². The van der Waals surface area contributed by atoms with Crippen LogP contribution in [0.2, 0.25) is 0 Å². The summed E-state index contributed by atoms with van der Waals surface area (Å²) in [5.74, 6) is -0.462. The van der Waals surface area contributed by atoms with E-state index in [0.717, 1.165) is 5.69 Å². The van der Waals surface area contributed by atoms with Crippen molar-refractivity contribution in [2.75, 3.05) is 43.9 Å². The molecule has 2 heterocycles. The fourth-order valence-electron chi connectivity index (χ4n) is 4.52. The van der Waals surface area contributed by atoms with Crippen LogP contribution in [0.15, 0.2) is 35.3 Å². The van der Waals surface area contributed by atoms with Crippen molar-refractivity contribution in [2.24, 2.45) is 5.73 Å². The van der Waals surface area contributed by atoms with E-state index in [4.69, 9.17) is 20.9 Å². The van der Waals surface area contributed by atoms with E-state index in [2.05, 4.69) is 41.2 Å². The largest absolute Gasteiger partial charge is 0.379 e. The second kappa shape index (κ2) is 18.2. The highest BCUT2D eigenvalue weighted by Gasteiger charge is 2.26. The van der Waals surface area contributed by atoms with Gasteiger partial charge in [-0.1, -0.05) is 0 Å². The molecule has 0 aliphatic carbocycles. The molecule has 0 saturated carbocycles. The lowest BCUT2D eigenvalue weighted by Crippen LogP contribution is -2.39. The van der Waals surface area contributed by atoms with Crippen molar-refractivity contribution in [3.8, 4) is 0 Å². The molecule has 16 nitrogen and oxygen atoms in total. The number of nitrogens with zero attached hydrogens (tertiary/aromatic N) is 3. The molecule has 2 aromatic heterocycles. The van der Waals surface area contributed by atoms with Crippen LogP contribution in [0.5, 0.6) is 0 Å². The lowest BCUT2D eigenvalue weighted by atomic mass is 10.0. The number of nitrogens with two attached hydrogens (primary N) is 2. The number of carbonyl (C=O) groups is 3. The molecule has 9 N–H and O–H groups in total. The minimum Gasteiger partial charge on any atom is -0.379 e. The molecule has 0 spiro atoms. The number of aromatic nitrogens is 4. The molecule has 3 amide bonds. The van der Waals surface area contributed by atoms with E-state index >= 15 is 0 Å². The van der Waals surface area contributed by atoms with E-state index < -0.39 is 16.8 Å². The predicted molar refractivity (Wildman–Crippen MR) is 187 cm³/mol. The highest BCUT2D eigenvalue weighted by molar-refractivity contribution is 5.94. The number of amides is 3. The normalized spacial score (nSPS) is 12.4. The zero-order valence-electron chi connectivity index (χ0n) is 29.0. The molecule has 0 aliphatic rings. The number of rotatable bonds is 20. The van der Waals surface area contributed by atoms with Gasteiger partial charge in [-0.2, -0.15) is 4.98 Å². The number of fused-ring (bicyclic) bond motifs is 1. The Morgan fingerprint density at radius 2 is 1.65 bits per heavy atom. The number of H-pyrrole nitrogens is 1. The van der Waals surface area contributed by atoms with Crippen molar-refractivity contribution >= 4 is 40.5 Å². The summed E-state index contributed by atoms with van der Waals surface area (Å²) in [5.41, 5.74) is 11.4. The van der Waals surface area contributed by atoms with Crippen molar-refractivity contribution < 1.29 is 23.9 Å². The Morgan fingerprint density at radius 3 is 2.37 bits per heavy atom. The van der Waals surface area contributed by atoms with Crippen LogP contribution in [0.1, 0.15) is 76.4 Å². The van der Waals surface area contributed by atoms with Crippen LogP contribution in [0.25, 0.3) is 11.2 Å². The first-order valence-electron chi connectivity index (χ1n) is 16.3. The monoisotopic (exact) mass is 682 g/mol. The molecule has 0 aliphatic heterocycles. The summed E-state index contributed by atoms with van der Waals surface area (Å²) in [5, 5.41) is 11.7. The first-order chi connectivity index (χ1) is 23.2. The summed E-state index contributed by atoms with van der Waals surface area (Å²) in [6, 6.07) is 6.69. The average molecular weight is 683 g/mol. The van der Waals surface area contributed by atoms with Crippen molar-refractivity contribution in [3.05, 3.63) is 52.1 Å². The minimum atomic E-state index is -0.585. The summed E-state index contributed by atoms with van der Waals surface area (Å²) in [7, 11) is 0. The van der Waals surface area contributed by atoms with Gasteiger partial charge in [-0.3, -0.25) is 24.2 Å². The smallest absolute Gasteiger partial charge is 0.280 e. The SMILES string of the molecule is CC(CCC(=O)NCCOC(C)(C)COC(C)(C)CCC(=O)NCCN)NC(=O)c1ccc(NCc2cnc3nc(N)[nH]c(=O)c3n2)cc1. The second-order valence-electron chi connectivity index (χ2n) is 13.0. The summed E-state index contributed by atoms with van der Waals surface area (Å²) in [4.78, 5) is 63.9. The number of anilines is 2. The molecule has 49 heavy (non-hydrogen) atoms. The van der Waals surface area contributed by atoms with Gasteiger partial charge in [0.25, 0.3) is 11.5 Å². The van der Waals surface area contributed by atoms with E-state index in [1.54, 1.807) is 24.3 Å². The van der Waals surface area contributed by atoms with E-state index in [1.807, 2.05) is 34.6 Å². The van der Waals surface area contributed by atoms with Gasteiger partial charge < -0.3 is 42.2 Å². The van der Waals surface area contributed by atoms with Crippen molar-refractivity contribution in [1.82, 2.24) is 35.9 Å². The third-order valence-corrected chi connectivity index (χ3v) is 7.44. The number of hydrogen-bond donors (Lipinski definition) is 7. The van der Waals surface area contributed by atoms with E-state index in [0.29, 0.717) is 69.9 Å². The Bertz CT molecular complexity index is 1610. The average Bonchev–Trinajstić information content (AvgIpc) is 3.06. The van der Waals surface area contributed by atoms with E-state index in [-0.39, 0.29) is 47.3 Å². The summed E-state index contributed by atoms with van der Waals surface area (Å²) in [6.45, 7) is 11.7. The number of hydrogen-bond acceptors (Lipinski definition) is 12. The molecular formula is C33H50N10O6. The lowest BCUT2D eigenvalue weighted by Gasteiger charge is -2.32. The third-order valence-electron chi connectivity index (χ3n) is 7.44. The minimum absolute atomic E-state index is 0.0251. The number of carbonyl (C=O) groups excluding carboxylic acids is 3. The van der Waals surface area contributed by atoms with Crippen LogP contribution in [0.4, 0.5) is 11.6 Å². The molecule has 0 saturated heterocycles. The quantitative estimate of drug-likeness (QED) is 0.0836. The second-order valence-corrected chi connectivity index (χ2v) is 13.0. The van der Waals surface area contributed by atoms with Crippen molar-refractivity contribution in [1.29, 1.82) is 0 Å². The van der Waals surface area contributed by atoms with Gasteiger partial charge in [-0.15, -0.1) is 0 Å². The Hall–Kier alpha value is -4.67. The molecule has 268 valence electrons. The van der Waals surface area contributed by atoms with E-state index in [9.17, 15) is 19.2 Å². The first kappa shape index (κ1) is 38.8. The van der Waals surface area contributed by atoms with Crippen LogP contribution in [0.3, 0.4) is 0 Å². The van der Waals surface area contributed by atoms with E-state index in [1.165, 1.54) is 6.20 Å². The summed E-state index contributed by atoms with van der Waals surface area (Å²) in [6.07, 6.45) is 3.13. The Balaban J connectivity index is 1.31. The van der Waals surface area contributed by atoms with Gasteiger partial charge >= 0.3 is 0 Å². The zero-order valence-corrected chi connectivity index (χ0v) is 29.0. The summed E-state index contributed by atoms with van der Waals surface area (Å²) >= 11 is 0. The van der Waals surface area contributed by atoms with Crippen LogP contribution >= 0.6 is 0 Å². The van der Waals surface area contributed by atoms with Gasteiger partial charge in [0.15, 0.2) is 11.2 Å². The fraction of sp³-hybridized carbons (Fsp3) is 0.545. The molecule has 0 radical (unpaired) electrons. The predicted octanol–water partition coefficient (Wildman–Crippen LogP) is 1.37. The Morgan fingerprint density at radius 1 is 0.959 bits per heavy atom. The van der Waals surface area contributed by atoms with Crippen LogP contribution < -0.4 is 38.3 Å². The molecule has 1 aromatic carbocycles. The molecular weight excluding hydrogens is 632 g/mol. The zero-order chi connectivity index (χ0) is 36.0. The van der Waals surface area contributed by atoms with Gasteiger partial charge in [0, 0.05) is 49.8 Å². The maximum absolute atomic E-state index is 12.7. The van der Waals surface area contributed by atoms with Crippen LogP contribution in [0, 0.1) is 0 Å². The number of aromatic amines is 1. The molecule has 3 rings (SSSR count). The highest BCUT2D eigenvalue weighted by atomic mass is 16.6. The topological polar surface area (TPSA) is 241 Å². The van der Waals surface area contributed by atoms with Gasteiger partial charge in [0.05, 0.1) is 42.9 Å². The maximum atomic E-state index is 12.7. The number of ether oxygens (including phenoxy) is 2. The van der Waals surface area contributed by atoms with Crippen LogP contribution in [-0.2, 0) is 25.6 Å². The molecule has 1 unspecified atom stereocenters. The third kappa shape index (κ3) is 13.8. The highest BCUT2D eigenvalue weighted by Crippen LogP contribution is 2.21.